The van der Waals surface area contributed by atoms with E-state index in [9.17, 15) is 4.79 Å². The van der Waals surface area contributed by atoms with E-state index < -0.39 is 0 Å². The van der Waals surface area contributed by atoms with Gasteiger partial charge in [0.1, 0.15) is 11.6 Å². The first-order valence-corrected chi connectivity index (χ1v) is 9.11. The van der Waals surface area contributed by atoms with Crippen molar-refractivity contribution in [3.05, 3.63) is 59.3 Å². The van der Waals surface area contributed by atoms with E-state index in [4.69, 9.17) is 4.98 Å². The van der Waals surface area contributed by atoms with Crippen LogP contribution in [-0.2, 0) is 19.9 Å². The normalized spacial score (nSPS) is 11.4. The summed E-state index contributed by atoms with van der Waals surface area (Å²) in [7, 11) is 2.00. The topological polar surface area (TPSA) is 77.1 Å². The molecule has 1 N–H and O–H groups in total. The van der Waals surface area contributed by atoms with Crippen LogP contribution in [0.4, 0.5) is 0 Å². The maximum atomic E-state index is 12.6. The summed E-state index contributed by atoms with van der Waals surface area (Å²) in [4.78, 5) is 17.3. The Morgan fingerprint density at radius 2 is 2.04 bits per heavy atom. The molecular formula is C20H22N6O. The van der Waals surface area contributed by atoms with Crippen LogP contribution in [0.25, 0.3) is 16.7 Å². The smallest absolute Gasteiger partial charge is 0.255 e. The number of nitrogens with zero attached hydrogens (tertiary/aromatic N) is 5. The van der Waals surface area contributed by atoms with E-state index in [1.165, 1.54) is 5.56 Å². The summed E-state index contributed by atoms with van der Waals surface area (Å²) < 4.78 is 3.94. The number of aromatic nitrogens is 5. The van der Waals surface area contributed by atoms with E-state index in [-0.39, 0.29) is 5.91 Å². The van der Waals surface area contributed by atoms with Crippen LogP contribution in [0, 0.1) is 6.92 Å². The number of hydrogen-bond acceptors (Lipinski definition) is 4. The molecule has 27 heavy (non-hydrogen) atoms. The van der Waals surface area contributed by atoms with Gasteiger partial charge < -0.3 is 9.88 Å². The van der Waals surface area contributed by atoms with Gasteiger partial charge in [-0.05, 0) is 36.8 Å². The molecule has 1 aromatic carbocycles. The SMILES string of the molecule is CCc1nnc2c(C(=O)NCCc3nc4cc(C)ccc4n3C)cccn12. The molecule has 3 heterocycles. The van der Waals surface area contributed by atoms with Gasteiger partial charge in [-0.3, -0.25) is 9.20 Å². The third-order valence-electron chi connectivity index (χ3n) is 4.83. The van der Waals surface area contributed by atoms with Crippen LogP contribution >= 0.6 is 0 Å². The molecule has 0 saturated heterocycles. The van der Waals surface area contributed by atoms with Gasteiger partial charge in [-0.15, -0.1) is 10.2 Å². The molecule has 1 amide bonds. The molecule has 7 heteroatoms. The molecule has 0 aliphatic heterocycles. The monoisotopic (exact) mass is 362 g/mol. The highest BCUT2D eigenvalue weighted by molar-refractivity contribution is 5.99. The summed E-state index contributed by atoms with van der Waals surface area (Å²) >= 11 is 0. The number of carbonyl (C=O) groups is 1. The fraction of sp³-hybridized carbons (Fsp3) is 0.300. The molecule has 0 bridgehead atoms. The molecule has 7 nitrogen and oxygen atoms in total. The molecule has 0 unspecified atom stereocenters. The van der Waals surface area contributed by atoms with Gasteiger partial charge >= 0.3 is 0 Å². The van der Waals surface area contributed by atoms with Gasteiger partial charge in [-0.1, -0.05) is 13.0 Å². The minimum atomic E-state index is -0.148. The van der Waals surface area contributed by atoms with E-state index >= 15 is 0 Å². The lowest BCUT2D eigenvalue weighted by molar-refractivity contribution is 0.0955. The van der Waals surface area contributed by atoms with Crippen molar-refractivity contribution in [2.45, 2.75) is 26.7 Å². The fourth-order valence-corrected chi connectivity index (χ4v) is 3.35. The Labute approximate surface area is 157 Å². The van der Waals surface area contributed by atoms with Crippen molar-refractivity contribution >= 4 is 22.6 Å². The molecule has 0 aliphatic rings. The first-order chi connectivity index (χ1) is 13.1. The lowest BCUT2D eigenvalue weighted by atomic mass is 10.2. The molecular weight excluding hydrogens is 340 g/mol. The summed E-state index contributed by atoms with van der Waals surface area (Å²) in [5, 5.41) is 11.3. The molecule has 4 rings (SSSR count). The van der Waals surface area contributed by atoms with Gasteiger partial charge in [0.05, 0.1) is 16.6 Å². The second-order valence-electron chi connectivity index (χ2n) is 6.67. The quantitative estimate of drug-likeness (QED) is 0.592. The van der Waals surface area contributed by atoms with Crippen molar-refractivity contribution < 1.29 is 4.79 Å². The number of carbonyl (C=O) groups excluding carboxylic acids is 1. The highest BCUT2D eigenvalue weighted by Crippen LogP contribution is 2.17. The Bertz CT molecular complexity index is 1140. The summed E-state index contributed by atoms with van der Waals surface area (Å²) in [6.07, 6.45) is 3.30. The van der Waals surface area contributed by atoms with Gasteiger partial charge in [-0.25, -0.2) is 4.98 Å². The van der Waals surface area contributed by atoms with Crippen molar-refractivity contribution in [1.82, 2.24) is 29.5 Å². The summed E-state index contributed by atoms with van der Waals surface area (Å²) in [6.45, 7) is 4.58. The Kier molecular flexibility index (Phi) is 4.35. The van der Waals surface area contributed by atoms with Crippen LogP contribution in [-0.4, -0.2) is 36.6 Å². The van der Waals surface area contributed by atoms with Crippen LogP contribution in [0.5, 0.6) is 0 Å². The third kappa shape index (κ3) is 3.05. The van der Waals surface area contributed by atoms with E-state index in [1.54, 1.807) is 6.07 Å². The van der Waals surface area contributed by atoms with Gasteiger partial charge in [0.15, 0.2) is 5.65 Å². The van der Waals surface area contributed by atoms with Crippen LogP contribution in [0.3, 0.4) is 0 Å². The highest BCUT2D eigenvalue weighted by Gasteiger charge is 2.14. The number of fused-ring (bicyclic) bond motifs is 2. The van der Waals surface area contributed by atoms with Crippen molar-refractivity contribution in [3.63, 3.8) is 0 Å². The van der Waals surface area contributed by atoms with Crippen molar-refractivity contribution in [2.75, 3.05) is 6.54 Å². The van der Waals surface area contributed by atoms with Crippen molar-refractivity contribution in [1.29, 1.82) is 0 Å². The Balaban J connectivity index is 1.49. The van der Waals surface area contributed by atoms with Crippen LogP contribution < -0.4 is 5.32 Å². The maximum Gasteiger partial charge on any atom is 0.255 e. The molecule has 0 fully saturated rings. The standard InChI is InChI=1S/C20H22N6O/c1-4-17-23-24-19-14(6-5-11-26(17)19)20(27)21-10-9-18-22-15-12-13(2)7-8-16(15)25(18)3/h5-8,11-12H,4,9-10H2,1-3H3,(H,21,27). The number of rotatable bonds is 5. The lowest BCUT2D eigenvalue weighted by Crippen LogP contribution is -2.27. The van der Waals surface area contributed by atoms with Gasteiger partial charge in [0.25, 0.3) is 5.91 Å². The van der Waals surface area contributed by atoms with Gasteiger partial charge in [-0.2, -0.15) is 0 Å². The first kappa shape index (κ1) is 17.2. The van der Waals surface area contributed by atoms with Crippen LogP contribution in [0.2, 0.25) is 0 Å². The highest BCUT2D eigenvalue weighted by atomic mass is 16.1. The second-order valence-corrected chi connectivity index (χ2v) is 6.67. The van der Waals surface area contributed by atoms with Crippen LogP contribution in [0.15, 0.2) is 36.5 Å². The van der Waals surface area contributed by atoms with Crippen LogP contribution in [0.1, 0.15) is 34.5 Å². The van der Waals surface area contributed by atoms with Crippen molar-refractivity contribution in [3.8, 4) is 0 Å². The van der Waals surface area contributed by atoms with Crippen molar-refractivity contribution in [2.24, 2.45) is 7.05 Å². The Morgan fingerprint density at radius 1 is 1.19 bits per heavy atom. The van der Waals surface area contributed by atoms with Gasteiger partial charge in [0, 0.05) is 32.6 Å². The summed E-state index contributed by atoms with van der Waals surface area (Å²) in [5.74, 6) is 1.64. The number of pyridine rings is 1. The van der Waals surface area contributed by atoms with E-state index in [2.05, 4.69) is 45.2 Å². The second kappa shape index (κ2) is 6.83. The zero-order valence-electron chi connectivity index (χ0n) is 15.7. The van der Waals surface area contributed by atoms with E-state index in [0.717, 1.165) is 29.1 Å². The van der Waals surface area contributed by atoms with Gasteiger partial charge in [0.2, 0.25) is 0 Å². The molecule has 4 aromatic rings. The zero-order chi connectivity index (χ0) is 19.0. The largest absolute Gasteiger partial charge is 0.351 e. The fourth-order valence-electron chi connectivity index (χ4n) is 3.35. The molecule has 138 valence electrons. The molecule has 0 spiro atoms. The number of amides is 1. The molecule has 0 radical (unpaired) electrons. The minimum absolute atomic E-state index is 0.148. The Hall–Kier alpha value is -3.22. The number of hydrogen-bond donors (Lipinski definition) is 1. The predicted molar refractivity (Wildman–Crippen MR) is 104 cm³/mol. The third-order valence-corrected chi connectivity index (χ3v) is 4.83. The maximum absolute atomic E-state index is 12.6. The first-order valence-electron chi connectivity index (χ1n) is 9.11. The summed E-state index contributed by atoms with van der Waals surface area (Å²) in [6, 6.07) is 9.86. The average molecular weight is 362 g/mol. The molecule has 3 aromatic heterocycles. The van der Waals surface area contributed by atoms with E-state index in [0.29, 0.717) is 24.2 Å². The lowest BCUT2D eigenvalue weighted by Gasteiger charge is -2.07. The number of nitrogens with one attached hydrogen (secondary N) is 1. The predicted octanol–water partition coefficient (Wildman–Crippen LogP) is 2.46. The van der Waals surface area contributed by atoms with E-state index in [1.807, 2.05) is 30.6 Å². The Morgan fingerprint density at radius 3 is 2.85 bits per heavy atom. The average Bonchev–Trinajstić information content (AvgIpc) is 3.22. The minimum Gasteiger partial charge on any atom is -0.351 e. The zero-order valence-corrected chi connectivity index (χ0v) is 15.7. The molecule has 0 aliphatic carbocycles. The molecule has 0 atom stereocenters. The summed E-state index contributed by atoms with van der Waals surface area (Å²) in [5.41, 5.74) is 4.39. The number of imidazole rings is 1. The number of benzene rings is 1. The molecule has 0 saturated carbocycles. The number of aryl methyl sites for hydroxylation is 3.